The van der Waals surface area contributed by atoms with Crippen molar-refractivity contribution in [2.75, 3.05) is 4.90 Å². The Morgan fingerprint density at radius 1 is 1.06 bits per heavy atom. The second-order valence-corrected chi connectivity index (χ2v) is 10.3. The lowest BCUT2D eigenvalue weighted by Gasteiger charge is -2.32. The van der Waals surface area contributed by atoms with Gasteiger partial charge in [-0.2, -0.15) is 0 Å². The topological polar surface area (TPSA) is 103 Å². The molecule has 7 nitrogen and oxygen atoms in total. The average Bonchev–Trinajstić information content (AvgIpc) is 2.71. The van der Waals surface area contributed by atoms with Gasteiger partial charge >= 0.3 is 6.09 Å². The molecule has 1 heterocycles. The fourth-order valence-electron chi connectivity index (χ4n) is 3.48. The molecule has 0 fully saturated rings. The Bertz CT molecular complexity index is 1350. The first kappa shape index (κ1) is 26.2. The van der Waals surface area contributed by atoms with Crippen molar-refractivity contribution in [2.24, 2.45) is 5.14 Å². The van der Waals surface area contributed by atoms with Crippen molar-refractivity contribution in [3.63, 3.8) is 0 Å². The van der Waals surface area contributed by atoms with E-state index in [9.17, 15) is 26.4 Å². The normalized spacial score (nSPS) is 12.8. The minimum atomic E-state index is -4.36. The van der Waals surface area contributed by atoms with Crippen LogP contribution in [0, 0.1) is 17.5 Å². The summed E-state index contributed by atoms with van der Waals surface area (Å²) in [5.74, 6) is -2.84. The molecule has 0 aliphatic rings. The largest absolute Gasteiger partial charge is 0.443 e. The molecule has 0 aliphatic carbocycles. The highest BCUT2D eigenvalue weighted by molar-refractivity contribution is 7.89. The van der Waals surface area contributed by atoms with E-state index < -0.39 is 50.1 Å². The third-order valence-corrected chi connectivity index (χ3v) is 5.81. The molecule has 0 radical (unpaired) electrons. The first-order valence-corrected chi connectivity index (χ1v) is 12.0. The number of rotatable bonds is 5. The lowest BCUT2D eigenvalue weighted by atomic mass is 9.99. The summed E-state index contributed by atoms with van der Waals surface area (Å²) in [4.78, 5) is 17.8. The predicted octanol–water partition coefficient (Wildman–Crippen LogP) is 5.32. The van der Waals surface area contributed by atoms with Crippen LogP contribution in [0.15, 0.2) is 59.6 Å². The fraction of sp³-hybridized carbons (Fsp3) is 0.250. The van der Waals surface area contributed by atoms with Crippen LogP contribution in [0.4, 0.5) is 23.7 Å². The van der Waals surface area contributed by atoms with Crippen LogP contribution in [0.2, 0.25) is 0 Å². The molecule has 3 rings (SSSR count). The van der Waals surface area contributed by atoms with E-state index in [2.05, 4.69) is 4.98 Å². The summed E-state index contributed by atoms with van der Waals surface area (Å²) in [7, 11) is -4.36. The van der Waals surface area contributed by atoms with Crippen molar-refractivity contribution < 1.29 is 31.1 Å². The summed E-state index contributed by atoms with van der Waals surface area (Å²) in [6, 6.07) is 8.14. The summed E-state index contributed by atoms with van der Waals surface area (Å²) in [6.07, 6.45) is 0.537. The summed E-state index contributed by atoms with van der Waals surface area (Å²) >= 11 is 0. The zero-order chi connectivity index (χ0) is 26.1. The highest BCUT2D eigenvalue weighted by Crippen LogP contribution is 2.35. The van der Waals surface area contributed by atoms with Crippen molar-refractivity contribution in [1.82, 2.24) is 4.98 Å². The Kier molecular flexibility index (Phi) is 7.23. The molecule has 1 aromatic heterocycles. The van der Waals surface area contributed by atoms with E-state index in [1.165, 1.54) is 12.3 Å². The van der Waals surface area contributed by atoms with Crippen LogP contribution >= 0.6 is 0 Å². The van der Waals surface area contributed by atoms with Crippen molar-refractivity contribution in [1.29, 1.82) is 0 Å². The third-order valence-electron chi connectivity index (χ3n) is 4.89. The van der Waals surface area contributed by atoms with Gasteiger partial charge in [-0.1, -0.05) is 12.1 Å². The highest BCUT2D eigenvalue weighted by Gasteiger charge is 2.31. The number of halogens is 3. The van der Waals surface area contributed by atoms with Crippen LogP contribution in [0.1, 0.15) is 39.4 Å². The standard InChI is InChI=1S/C24H24F3N3O4S/c1-14(30(23(31)34-24(2,3)4)18-12-16(25)11-17(26)13-18)22-19(6-5-9-29-22)15-7-8-20(27)21(10-15)35(28,32)33/h5-14H,1-4H3,(H2,28,32,33). The SMILES string of the molecule is CC(c1ncccc1-c1ccc(F)c(S(N)(=O)=O)c1)N(C(=O)OC(C)(C)C)c1cc(F)cc(F)c1. The Hall–Kier alpha value is -3.44. The summed E-state index contributed by atoms with van der Waals surface area (Å²) in [6.45, 7) is 6.47. The molecular weight excluding hydrogens is 483 g/mol. The number of amides is 1. The number of aromatic nitrogens is 1. The van der Waals surface area contributed by atoms with Crippen LogP contribution in [-0.4, -0.2) is 25.1 Å². The molecule has 35 heavy (non-hydrogen) atoms. The number of hydrogen-bond donors (Lipinski definition) is 1. The van der Waals surface area contributed by atoms with E-state index in [0.29, 0.717) is 11.6 Å². The lowest BCUT2D eigenvalue weighted by Crippen LogP contribution is -2.39. The fourth-order valence-corrected chi connectivity index (χ4v) is 4.11. The van der Waals surface area contributed by atoms with Crippen LogP contribution in [-0.2, 0) is 14.8 Å². The number of ether oxygens (including phenoxy) is 1. The lowest BCUT2D eigenvalue weighted by molar-refractivity contribution is 0.0567. The first-order valence-electron chi connectivity index (χ1n) is 10.4. The molecule has 2 N–H and O–H groups in total. The summed E-state index contributed by atoms with van der Waals surface area (Å²) < 4.78 is 71.3. The van der Waals surface area contributed by atoms with Crippen LogP contribution in [0.3, 0.4) is 0 Å². The number of carbonyl (C=O) groups is 1. The molecule has 0 spiro atoms. The quantitative estimate of drug-likeness (QED) is 0.504. The Morgan fingerprint density at radius 3 is 2.26 bits per heavy atom. The Morgan fingerprint density at radius 2 is 1.69 bits per heavy atom. The first-order chi connectivity index (χ1) is 16.2. The molecule has 11 heteroatoms. The number of carbonyl (C=O) groups excluding carboxylic acids is 1. The van der Waals surface area contributed by atoms with Gasteiger partial charge in [0, 0.05) is 17.8 Å². The molecule has 186 valence electrons. The van der Waals surface area contributed by atoms with Gasteiger partial charge in [-0.3, -0.25) is 9.88 Å². The van der Waals surface area contributed by atoms with E-state index in [-0.39, 0.29) is 16.9 Å². The van der Waals surface area contributed by atoms with E-state index in [1.54, 1.807) is 39.8 Å². The molecule has 0 aliphatic heterocycles. The van der Waals surface area contributed by atoms with Crippen LogP contribution < -0.4 is 10.0 Å². The van der Waals surface area contributed by atoms with Gasteiger partial charge in [0.1, 0.15) is 27.9 Å². The van der Waals surface area contributed by atoms with Gasteiger partial charge in [0.05, 0.1) is 17.4 Å². The molecule has 1 atom stereocenters. The monoisotopic (exact) mass is 507 g/mol. The van der Waals surface area contributed by atoms with Crippen LogP contribution in [0.5, 0.6) is 0 Å². The molecular formula is C24H24F3N3O4S. The molecule has 0 saturated carbocycles. The van der Waals surface area contributed by atoms with Gasteiger partial charge in [0.2, 0.25) is 10.0 Å². The maximum atomic E-state index is 14.1. The number of nitrogens with zero attached hydrogens (tertiary/aromatic N) is 2. The number of pyridine rings is 1. The number of primary sulfonamides is 1. The zero-order valence-corrected chi connectivity index (χ0v) is 20.2. The number of benzene rings is 2. The zero-order valence-electron chi connectivity index (χ0n) is 19.4. The van der Waals surface area contributed by atoms with Gasteiger partial charge in [0.25, 0.3) is 0 Å². The molecule has 1 unspecified atom stereocenters. The number of nitrogens with two attached hydrogens (primary N) is 1. The van der Waals surface area contributed by atoms with Gasteiger partial charge in [-0.25, -0.2) is 31.5 Å². The average molecular weight is 508 g/mol. The number of anilines is 1. The minimum Gasteiger partial charge on any atom is -0.443 e. The maximum absolute atomic E-state index is 14.1. The predicted molar refractivity (Wildman–Crippen MR) is 124 cm³/mol. The molecule has 0 saturated heterocycles. The number of hydrogen-bond acceptors (Lipinski definition) is 5. The van der Waals surface area contributed by atoms with Gasteiger partial charge in [0.15, 0.2) is 0 Å². The van der Waals surface area contributed by atoms with Crippen molar-refractivity contribution in [2.45, 2.75) is 44.2 Å². The van der Waals surface area contributed by atoms with Crippen molar-refractivity contribution in [3.8, 4) is 11.1 Å². The molecule has 3 aromatic rings. The van der Waals surface area contributed by atoms with Gasteiger partial charge < -0.3 is 4.74 Å². The van der Waals surface area contributed by atoms with Crippen molar-refractivity contribution >= 4 is 21.8 Å². The molecule has 0 bridgehead atoms. The van der Waals surface area contributed by atoms with E-state index in [4.69, 9.17) is 9.88 Å². The summed E-state index contributed by atoms with van der Waals surface area (Å²) in [5, 5.41) is 5.13. The van der Waals surface area contributed by atoms with Crippen LogP contribution in [0.25, 0.3) is 11.1 Å². The van der Waals surface area contributed by atoms with E-state index >= 15 is 0 Å². The second kappa shape index (κ2) is 9.67. The van der Waals surface area contributed by atoms with Crippen molar-refractivity contribution in [3.05, 3.63) is 77.9 Å². The van der Waals surface area contributed by atoms with Gasteiger partial charge in [-0.15, -0.1) is 0 Å². The van der Waals surface area contributed by atoms with E-state index in [0.717, 1.165) is 29.2 Å². The Labute approximate surface area is 201 Å². The summed E-state index contributed by atoms with van der Waals surface area (Å²) in [5.41, 5.74) is -0.217. The van der Waals surface area contributed by atoms with E-state index in [1.807, 2.05) is 0 Å². The second-order valence-electron chi connectivity index (χ2n) is 8.78. The molecule has 2 aromatic carbocycles. The van der Waals surface area contributed by atoms with Gasteiger partial charge in [-0.05, 0) is 63.6 Å². The molecule has 1 amide bonds. The number of sulfonamides is 1. The Balaban J connectivity index is 2.18. The minimum absolute atomic E-state index is 0.120. The maximum Gasteiger partial charge on any atom is 0.415 e. The third kappa shape index (κ3) is 6.17. The highest BCUT2D eigenvalue weighted by atomic mass is 32.2. The smallest absolute Gasteiger partial charge is 0.415 e.